The van der Waals surface area contributed by atoms with Gasteiger partial charge in [-0.2, -0.15) is 0 Å². The molecule has 1 N–H and O–H groups in total. The Labute approximate surface area is 147 Å². The van der Waals surface area contributed by atoms with Crippen molar-refractivity contribution in [1.82, 2.24) is 9.97 Å². The summed E-state index contributed by atoms with van der Waals surface area (Å²) in [6.45, 7) is 5.62. The van der Waals surface area contributed by atoms with Crippen molar-refractivity contribution < 1.29 is 4.74 Å². The van der Waals surface area contributed by atoms with Crippen LogP contribution in [0, 0.1) is 6.92 Å². The quantitative estimate of drug-likeness (QED) is 0.768. The fraction of sp³-hybridized carbons (Fsp3) is 0.238. The van der Waals surface area contributed by atoms with Crippen LogP contribution in [0.2, 0.25) is 0 Å². The molecular weight excluding hydrogens is 310 g/mol. The van der Waals surface area contributed by atoms with Crippen LogP contribution in [0.4, 0.5) is 5.82 Å². The number of hydrogen-bond acceptors (Lipinski definition) is 4. The van der Waals surface area contributed by atoms with Gasteiger partial charge >= 0.3 is 0 Å². The number of ether oxygens (including phenoxy) is 1. The molecular formula is C21H21N3O. The Balaban J connectivity index is 1.94. The molecule has 126 valence electrons. The van der Waals surface area contributed by atoms with Gasteiger partial charge in [0.25, 0.3) is 0 Å². The van der Waals surface area contributed by atoms with E-state index in [4.69, 9.17) is 14.7 Å². The number of hydrogen-bond donors (Lipinski definition) is 1. The molecule has 0 atom stereocenters. The van der Waals surface area contributed by atoms with Crippen LogP contribution in [0.5, 0.6) is 5.75 Å². The number of nitrogens with one attached hydrogen (secondary N) is 1. The van der Waals surface area contributed by atoms with Gasteiger partial charge < -0.3 is 10.1 Å². The lowest BCUT2D eigenvalue weighted by Crippen LogP contribution is -2.09. The third kappa shape index (κ3) is 2.95. The number of aromatic nitrogens is 2. The summed E-state index contributed by atoms with van der Waals surface area (Å²) in [7, 11) is 0. The number of anilines is 1. The fourth-order valence-corrected chi connectivity index (χ4v) is 3.14. The molecule has 25 heavy (non-hydrogen) atoms. The number of para-hydroxylation sites is 1. The van der Waals surface area contributed by atoms with Gasteiger partial charge in [-0.15, -0.1) is 0 Å². The van der Waals surface area contributed by atoms with Gasteiger partial charge in [-0.3, -0.25) is 0 Å². The van der Waals surface area contributed by atoms with E-state index < -0.39 is 0 Å². The summed E-state index contributed by atoms with van der Waals surface area (Å²) >= 11 is 0. The third-order valence-corrected chi connectivity index (χ3v) is 4.41. The maximum atomic E-state index is 5.93. The minimum atomic E-state index is 0.635. The summed E-state index contributed by atoms with van der Waals surface area (Å²) in [5.74, 6) is 2.53. The topological polar surface area (TPSA) is 47.0 Å². The molecule has 0 bridgehead atoms. The summed E-state index contributed by atoms with van der Waals surface area (Å²) in [6.07, 6.45) is 0.792. The highest BCUT2D eigenvalue weighted by Gasteiger charge is 2.21. The van der Waals surface area contributed by atoms with Gasteiger partial charge in [-0.05, 0) is 26.0 Å². The average molecular weight is 331 g/mol. The molecule has 3 aromatic rings. The minimum absolute atomic E-state index is 0.635. The number of nitrogens with zero attached hydrogens (tertiary/aromatic N) is 2. The summed E-state index contributed by atoms with van der Waals surface area (Å²) in [6, 6.07) is 16.4. The largest absolute Gasteiger partial charge is 0.493 e. The smallest absolute Gasteiger partial charge is 0.162 e. The summed E-state index contributed by atoms with van der Waals surface area (Å²) in [4.78, 5) is 9.74. The molecule has 0 radical (unpaired) electrons. The second-order valence-corrected chi connectivity index (χ2v) is 6.21. The zero-order chi connectivity index (χ0) is 17.2. The number of benzene rings is 2. The second kappa shape index (κ2) is 6.55. The second-order valence-electron chi connectivity index (χ2n) is 6.21. The van der Waals surface area contributed by atoms with Crippen LogP contribution in [0.1, 0.15) is 18.1 Å². The first-order valence-corrected chi connectivity index (χ1v) is 8.70. The highest BCUT2D eigenvalue weighted by Crippen LogP contribution is 2.37. The van der Waals surface area contributed by atoms with Gasteiger partial charge in [0.1, 0.15) is 11.6 Å². The number of fused-ring (bicyclic) bond motifs is 3. The van der Waals surface area contributed by atoms with Crippen LogP contribution in [0.3, 0.4) is 0 Å². The van der Waals surface area contributed by atoms with E-state index in [-0.39, 0.29) is 0 Å². The van der Waals surface area contributed by atoms with E-state index in [1.54, 1.807) is 0 Å². The van der Waals surface area contributed by atoms with Crippen molar-refractivity contribution in [2.24, 2.45) is 0 Å². The Hall–Kier alpha value is -2.88. The van der Waals surface area contributed by atoms with Crippen LogP contribution in [0.15, 0.2) is 48.5 Å². The number of aryl methyl sites for hydroxylation is 1. The summed E-state index contributed by atoms with van der Waals surface area (Å²) in [5, 5.41) is 3.41. The van der Waals surface area contributed by atoms with Crippen LogP contribution >= 0.6 is 0 Å². The first-order chi connectivity index (χ1) is 12.3. The third-order valence-electron chi connectivity index (χ3n) is 4.41. The van der Waals surface area contributed by atoms with Crippen LogP contribution < -0.4 is 10.1 Å². The Morgan fingerprint density at radius 1 is 1.04 bits per heavy atom. The maximum absolute atomic E-state index is 5.93. The van der Waals surface area contributed by atoms with E-state index in [1.165, 1.54) is 5.56 Å². The highest BCUT2D eigenvalue weighted by atomic mass is 16.5. The van der Waals surface area contributed by atoms with E-state index in [1.807, 2.05) is 18.2 Å². The monoisotopic (exact) mass is 331 g/mol. The average Bonchev–Trinajstić information content (AvgIpc) is 2.82. The van der Waals surface area contributed by atoms with Crippen molar-refractivity contribution in [3.8, 4) is 28.4 Å². The number of rotatable bonds is 3. The van der Waals surface area contributed by atoms with Gasteiger partial charge in [0.05, 0.1) is 12.3 Å². The zero-order valence-electron chi connectivity index (χ0n) is 14.5. The van der Waals surface area contributed by atoms with Gasteiger partial charge in [0.2, 0.25) is 0 Å². The molecule has 2 aromatic carbocycles. The molecule has 0 amide bonds. The molecule has 4 heteroatoms. The summed E-state index contributed by atoms with van der Waals surface area (Å²) < 4.78 is 5.93. The molecule has 0 saturated carbocycles. The van der Waals surface area contributed by atoms with Crippen molar-refractivity contribution in [3.63, 3.8) is 0 Å². The lowest BCUT2D eigenvalue weighted by molar-refractivity contribution is 0.326. The van der Waals surface area contributed by atoms with Gasteiger partial charge in [0.15, 0.2) is 5.82 Å². The van der Waals surface area contributed by atoms with E-state index in [2.05, 4.69) is 49.5 Å². The Morgan fingerprint density at radius 2 is 1.84 bits per heavy atom. The van der Waals surface area contributed by atoms with Crippen LogP contribution in [-0.2, 0) is 6.42 Å². The molecule has 0 fully saturated rings. The molecule has 0 aliphatic carbocycles. The molecule has 0 unspecified atom stereocenters. The molecule has 1 aliphatic heterocycles. The van der Waals surface area contributed by atoms with E-state index in [0.717, 1.165) is 52.7 Å². The molecule has 0 spiro atoms. The Bertz CT molecular complexity index is 904. The SMILES string of the molecule is CCNc1nc(-c2ccc(C)cc2)nc2c1CCOc1ccccc1-2. The molecule has 4 nitrogen and oxygen atoms in total. The fourth-order valence-electron chi connectivity index (χ4n) is 3.14. The predicted molar refractivity (Wildman–Crippen MR) is 101 cm³/mol. The lowest BCUT2D eigenvalue weighted by Gasteiger charge is -2.14. The molecule has 1 aromatic heterocycles. The maximum Gasteiger partial charge on any atom is 0.162 e. The van der Waals surface area contributed by atoms with Crippen molar-refractivity contribution in [2.75, 3.05) is 18.5 Å². The zero-order valence-corrected chi connectivity index (χ0v) is 14.5. The van der Waals surface area contributed by atoms with Gasteiger partial charge in [-0.1, -0.05) is 42.0 Å². The van der Waals surface area contributed by atoms with Crippen molar-refractivity contribution in [1.29, 1.82) is 0 Å². The Kier molecular flexibility index (Phi) is 4.10. The normalized spacial score (nSPS) is 12.6. The molecule has 1 aliphatic rings. The van der Waals surface area contributed by atoms with Crippen molar-refractivity contribution in [3.05, 3.63) is 59.7 Å². The molecule has 4 rings (SSSR count). The molecule has 2 heterocycles. The standard InChI is InChI=1S/C21H21N3O/c1-3-22-21-17-12-13-25-18-7-5-4-6-16(18)19(17)23-20(24-21)15-10-8-14(2)9-11-15/h4-11H,3,12-13H2,1-2H3,(H,22,23,24). The van der Waals surface area contributed by atoms with Crippen LogP contribution in [-0.4, -0.2) is 23.1 Å². The first-order valence-electron chi connectivity index (χ1n) is 8.70. The van der Waals surface area contributed by atoms with Crippen molar-refractivity contribution in [2.45, 2.75) is 20.3 Å². The van der Waals surface area contributed by atoms with Crippen LogP contribution in [0.25, 0.3) is 22.6 Å². The lowest BCUT2D eigenvalue weighted by atomic mass is 10.0. The van der Waals surface area contributed by atoms with Gasteiger partial charge in [-0.25, -0.2) is 9.97 Å². The van der Waals surface area contributed by atoms with E-state index in [9.17, 15) is 0 Å². The minimum Gasteiger partial charge on any atom is -0.493 e. The Morgan fingerprint density at radius 3 is 2.64 bits per heavy atom. The molecule has 0 saturated heterocycles. The van der Waals surface area contributed by atoms with E-state index in [0.29, 0.717) is 6.61 Å². The van der Waals surface area contributed by atoms with Gasteiger partial charge in [0, 0.05) is 29.7 Å². The van der Waals surface area contributed by atoms with Crippen molar-refractivity contribution >= 4 is 5.82 Å². The predicted octanol–water partition coefficient (Wildman–Crippen LogP) is 4.49. The highest BCUT2D eigenvalue weighted by molar-refractivity contribution is 5.77. The van der Waals surface area contributed by atoms with E-state index >= 15 is 0 Å². The first kappa shape index (κ1) is 15.6. The summed E-state index contributed by atoms with van der Waals surface area (Å²) in [5.41, 5.74) is 5.38.